The SMILES string of the molecule is C[C@H]1C[C@@]2(CCN1)OCC(C)(O)c1cc(Cl)sc12. The zero-order valence-electron chi connectivity index (χ0n) is 10.6. The topological polar surface area (TPSA) is 41.5 Å². The van der Waals surface area contributed by atoms with Gasteiger partial charge in [-0.15, -0.1) is 11.3 Å². The molecule has 1 saturated heterocycles. The molecule has 1 spiro atoms. The van der Waals surface area contributed by atoms with E-state index in [0.29, 0.717) is 12.6 Å². The molecule has 2 aliphatic heterocycles. The fraction of sp³-hybridized carbons (Fsp3) is 0.692. The predicted molar refractivity (Wildman–Crippen MR) is 73.2 cm³/mol. The number of halogens is 1. The van der Waals surface area contributed by atoms with E-state index in [4.69, 9.17) is 16.3 Å². The van der Waals surface area contributed by atoms with E-state index >= 15 is 0 Å². The molecule has 5 heteroatoms. The number of piperidine rings is 1. The van der Waals surface area contributed by atoms with Gasteiger partial charge >= 0.3 is 0 Å². The Balaban J connectivity index is 2.08. The van der Waals surface area contributed by atoms with Crippen molar-refractivity contribution in [1.29, 1.82) is 0 Å². The third-order valence-electron chi connectivity index (χ3n) is 3.98. The molecule has 0 saturated carbocycles. The molecule has 18 heavy (non-hydrogen) atoms. The Morgan fingerprint density at radius 2 is 2.39 bits per heavy atom. The monoisotopic (exact) mass is 287 g/mol. The van der Waals surface area contributed by atoms with E-state index in [1.807, 2.05) is 6.07 Å². The van der Waals surface area contributed by atoms with Gasteiger partial charge in [0.25, 0.3) is 0 Å². The Labute approximate surface area is 116 Å². The van der Waals surface area contributed by atoms with Gasteiger partial charge in [0.15, 0.2) is 0 Å². The highest BCUT2D eigenvalue weighted by Gasteiger charge is 2.48. The number of ether oxygens (including phenoxy) is 1. The standard InChI is InChI=1S/C13H18ClNO2S/c1-8-6-13(3-4-15-8)11-9(5-10(14)18-11)12(2,16)7-17-13/h5,8,15-16H,3-4,6-7H2,1-2H3/t8-,12?,13+/m0/s1. The lowest BCUT2D eigenvalue weighted by Gasteiger charge is -2.46. The van der Waals surface area contributed by atoms with Crippen molar-refractivity contribution < 1.29 is 9.84 Å². The van der Waals surface area contributed by atoms with Crippen LogP contribution in [0.1, 0.15) is 37.1 Å². The van der Waals surface area contributed by atoms with Gasteiger partial charge in [0, 0.05) is 16.5 Å². The van der Waals surface area contributed by atoms with Gasteiger partial charge in [0.2, 0.25) is 0 Å². The number of hydrogen-bond acceptors (Lipinski definition) is 4. The van der Waals surface area contributed by atoms with Crippen LogP contribution in [0.15, 0.2) is 6.07 Å². The second-order valence-electron chi connectivity index (χ2n) is 5.66. The average Bonchev–Trinajstić information content (AvgIpc) is 2.69. The molecule has 0 aromatic carbocycles. The summed E-state index contributed by atoms with van der Waals surface area (Å²) in [6, 6.07) is 2.33. The Hall–Kier alpha value is -0.130. The number of fused-ring (bicyclic) bond motifs is 2. The van der Waals surface area contributed by atoms with Gasteiger partial charge < -0.3 is 15.2 Å². The summed E-state index contributed by atoms with van der Waals surface area (Å²) >= 11 is 7.71. The molecule has 0 radical (unpaired) electrons. The second kappa shape index (κ2) is 4.18. The predicted octanol–water partition coefficient (Wildman–Crippen LogP) is 2.61. The molecular formula is C13H18ClNO2S. The lowest BCUT2D eigenvalue weighted by atomic mass is 9.79. The molecule has 3 atom stereocenters. The molecule has 0 aliphatic carbocycles. The molecule has 1 unspecified atom stereocenters. The average molecular weight is 288 g/mol. The first-order valence-corrected chi connectivity index (χ1v) is 7.52. The maximum Gasteiger partial charge on any atom is 0.111 e. The van der Waals surface area contributed by atoms with Gasteiger partial charge in [0.1, 0.15) is 11.2 Å². The Bertz CT molecular complexity index is 474. The van der Waals surface area contributed by atoms with E-state index < -0.39 is 5.60 Å². The first-order chi connectivity index (χ1) is 8.43. The highest BCUT2D eigenvalue weighted by molar-refractivity contribution is 7.16. The summed E-state index contributed by atoms with van der Waals surface area (Å²) in [7, 11) is 0. The normalized spacial score (nSPS) is 39.9. The van der Waals surface area contributed by atoms with Gasteiger partial charge in [-0.2, -0.15) is 0 Å². The highest BCUT2D eigenvalue weighted by atomic mass is 35.5. The van der Waals surface area contributed by atoms with Gasteiger partial charge in [-0.25, -0.2) is 0 Å². The minimum atomic E-state index is -0.918. The Kier molecular flexibility index (Phi) is 2.99. The highest BCUT2D eigenvalue weighted by Crippen LogP contribution is 2.50. The molecular weight excluding hydrogens is 270 g/mol. The third-order valence-corrected chi connectivity index (χ3v) is 5.43. The van der Waals surface area contributed by atoms with E-state index in [-0.39, 0.29) is 5.60 Å². The quantitative estimate of drug-likeness (QED) is 0.771. The summed E-state index contributed by atoms with van der Waals surface area (Å²) in [6.45, 7) is 5.26. The third kappa shape index (κ3) is 1.91. The Morgan fingerprint density at radius 3 is 3.11 bits per heavy atom. The van der Waals surface area contributed by atoms with Crippen LogP contribution in [0.25, 0.3) is 0 Å². The molecule has 2 N–H and O–H groups in total. The zero-order chi connectivity index (χ0) is 13.0. The lowest BCUT2D eigenvalue weighted by Crippen LogP contribution is -2.51. The van der Waals surface area contributed by atoms with Crippen LogP contribution in [0.3, 0.4) is 0 Å². The molecule has 3 rings (SSSR count). The maximum absolute atomic E-state index is 10.4. The minimum absolute atomic E-state index is 0.250. The van der Waals surface area contributed by atoms with Crippen molar-refractivity contribution in [3.05, 3.63) is 20.8 Å². The molecule has 100 valence electrons. The van der Waals surface area contributed by atoms with Crippen molar-refractivity contribution in [2.75, 3.05) is 13.2 Å². The molecule has 0 bridgehead atoms. The van der Waals surface area contributed by atoms with E-state index in [2.05, 4.69) is 12.2 Å². The van der Waals surface area contributed by atoms with E-state index in [9.17, 15) is 5.11 Å². The number of nitrogens with one attached hydrogen (secondary N) is 1. The van der Waals surface area contributed by atoms with Crippen molar-refractivity contribution >= 4 is 22.9 Å². The van der Waals surface area contributed by atoms with Crippen LogP contribution in [-0.4, -0.2) is 24.3 Å². The van der Waals surface area contributed by atoms with Crippen LogP contribution in [-0.2, 0) is 15.9 Å². The smallest absolute Gasteiger partial charge is 0.111 e. The van der Waals surface area contributed by atoms with Crippen molar-refractivity contribution in [3.63, 3.8) is 0 Å². The Morgan fingerprint density at radius 1 is 1.61 bits per heavy atom. The second-order valence-corrected chi connectivity index (χ2v) is 7.34. The summed E-state index contributed by atoms with van der Waals surface area (Å²) in [6.07, 6.45) is 1.88. The number of rotatable bonds is 0. The molecule has 0 amide bonds. The molecule has 2 aliphatic rings. The molecule has 1 aromatic rings. The van der Waals surface area contributed by atoms with Crippen LogP contribution in [0.5, 0.6) is 0 Å². The lowest BCUT2D eigenvalue weighted by molar-refractivity contribution is -0.154. The summed E-state index contributed by atoms with van der Waals surface area (Å²) < 4.78 is 6.83. The molecule has 1 fully saturated rings. The first-order valence-electron chi connectivity index (χ1n) is 6.33. The van der Waals surface area contributed by atoms with Gasteiger partial charge in [-0.3, -0.25) is 0 Å². The van der Waals surface area contributed by atoms with Crippen LogP contribution < -0.4 is 5.32 Å². The fourth-order valence-corrected chi connectivity index (χ4v) is 4.58. The van der Waals surface area contributed by atoms with Crippen molar-refractivity contribution in [3.8, 4) is 0 Å². The maximum atomic E-state index is 10.4. The number of thiophene rings is 1. The van der Waals surface area contributed by atoms with Crippen LogP contribution in [0, 0.1) is 0 Å². The van der Waals surface area contributed by atoms with E-state index in [1.165, 1.54) is 0 Å². The number of hydrogen-bond donors (Lipinski definition) is 2. The minimum Gasteiger partial charge on any atom is -0.383 e. The van der Waals surface area contributed by atoms with E-state index in [0.717, 1.165) is 34.2 Å². The van der Waals surface area contributed by atoms with Crippen LogP contribution in [0.2, 0.25) is 4.34 Å². The molecule has 1 aromatic heterocycles. The van der Waals surface area contributed by atoms with Gasteiger partial charge in [-0.1, -0.05) is 11.6 Å². The van der Waals surface area contributed by atoms with Crippen LogP contribution in [0.4, 0.5) is 0 Å². The van der Waals surface area contributed by atoms with Crippen molar-refractivity contribution in [2.45, 2.75) is 43.9 Å². The zero-order valence-corrected chi connectivity index (χ0v) is 12.2. The van der Waals surface area contributed by atoms with Crippen molar-refractivity contribution in [1.82, 2.24) is 5.32 Å². The summed E-state index contributed by atoms with van der Waals surface area (Å²) in [5.74, 6) is 0. The summed E-state index contributed by atoms with van der Waals surface area (Å²) in [5, 5.41) is 13.9. The van der Waals surface area contributed by atoms with Gasteiger partial charge in [0.05, 0.1) is 10.9 Å². The van der Waals surface area contributed by atoms with Crippen LogP contribution >= 0.6 is 22.9 Å². The number of aliphatic hydroxyl groups is 1. The van der Waals surface area contributed by atoms with Gasteiger partial charge in [-0.05, 0) is 39.3 Å². The summed E-state index contributed by atoms with van der Waals surface area (Å²) in [5.41, 5.74) is -0.212. The van der Waals surface area contributed by atoms with Crippen molar-refractivity contribution in [2.24, 2.45) is 0 Å². The largest absolute Gasteiger partial charge is 0.383 e. The molecule has 3 heterocycles. The van der Waals surface area contributed by atoms with E-state index in [1.54, 1.807) is 18.3 Å². The summed E-state index contributed by atoms with van der Waals surface area (Å²) in [4.78, 5) is 1.12. The first kappa shape index (κ1) is 12.9. The molecule has 3 nitrogen and oxygen atoms in total. The fourth-order valence-electron chi connectivity index (χ4n) is 3.05.